The van der Waals surface area contributed by atoms with Crippen molar-refractivity contribution < 1.29 is 13.9 Å². The number of hydrogen-bond donors (Lipinski definition) is 1. The van der Waals surface area contributed by atoms with Gasteiger partial charge in [-0.3, -0.25) is 4.90 Å². The van der Waals surface area contributed by atoms with Crippen LogP contribution in [0, 0.1) is 18.6 Å². The molecule has 1 aromatic heterocycles. The second-order valence-electron chi connectivity index (χ2n) is 8.65. The summed E-state index contributed by atoms with van der Waals surface area (Å²) in [6.07, 6.45) is 1.04. The first-order valence-corrected chi connectivity index (χ1v) is 11.0. The Morgan fingerprint density at radius 3 is 2.44 bits per heavy atom. The first kappa shape index (κ1) is 20.9. The van der Waals surface area contributed by atoms with Crippen molar-refractivity contribution in [3.63, 3.8) is 0 Å². The minimum Gasteiger partial charge on any atom is -0.388 e. The number of hydrogen-bond acceptors (Lipinski definition) is 2. The Kier molecular flexibility index (Phi) is 5.53. The van der Waals surface area contributed by atoms with E-state index in [4.69, 9.17) is 0 Å². The Bertz CT molecular complexity index is 1250. The van der Waals surface area contributed by atoms with E-state index in [1.807, 2.05) is 41.8 Å². The normalized spacial score (nSPS) is 14.8. The van der Waals surface area contributed by atoms with Crippen LogP contribution in [-0.2, 0) is 13.1 Å². The standard InChI is InChI=1S/C27H26F2N2O/c1-18-7-9-19(10-8-18)26(32)6-3-15-30-16-22-25(17-30)31(21-13-11-20(28)12-14-21)24-5-2-4-23(29)27(22)24/h2,4-5,7-14,26,32H,3,6,15-17H2,1H3. The van der Waals surface area contributed by atoms with Gasteiger partial charge >= 0.3 is 0 Å². The van der Waals surface area contributed by atoms with Crippen LogP contribution in [0.25, 0.3) is 16.6 Å². The second-order valence-corrected chi connectivity index (χ2v) is 8.65. The van der Waals surface area contributed by atoms with E-state index in [0.29, 0.717) is 24.9 Å². The lowest BCUT2D eigenvalue weighted by Crippen LogP contribution is -2.19. The van der Waals surface area contributed by atoms with Gasteiger partial charge in [-0.25, -0.2) is 8.78 Å². The molecule has 0 saturated carbocycles. The van der Waals surface area contributed by atoms with Crippen LogP contribution in [0.2, 0.25) is 0 Å². The van der Waals surface area contributed by atoms with E-state index < -0.39 is 6.10 Å². The van der Waals surface area contributed by atoms with Crippen molar-refractivity contribution in [1.82, 2.24) is 9.47 Å². The van der Waals surface area contributed by atoms with Crippen molar-refractivity contribution in [2.45, 2.75) is 39.0 Å². The molecule has 1 N–H and O–H groups in total. The Labute approximate surface area is 186 Å². The summed E-state index contributed by atoms with van der Waals surface area (Å²) in [5.41, 5.74) is 5.82. The molecule has 5 rings (SSSR count). The van der Waals surface area contributed by atoms with E-state index in [1.165, 1.54) is 23.8 Å². The van der Waals surface area contributed by atoms with Crippen LogP contribution < -0.4 is 0 Å². The van der Waals surface area contributed by atoms with Crippen molar-refractivity contribution >= 4 is 10.9 Å². The van der Waals surface area contributed by atoms with E-state index in [0.717, 1.165) is 41.0 Å². The van der Waals surface area contributed by atoms with Gasteiger partial charge in [0.05, 0.1) is 11.6 Å². The number of nitrogens with zero attached hydrogens (tertiary/aromatic N) is 2. The van der Waals surface area contributed by atoms with Gasteiger partial charge in [0.1, 0.15) is 11.6 Å². The molecule has 0 radical (unpaired) electrons. The summed E-state index contributed by atoms with van der Waals surface area (Å²) in [6, 6.07) is 19.5. The highest BCUT2D eigenvalue weighted by Gasteiger charge is 2.28. The number of aliphatic hydroxyl groups is 1. The third-order valence-electron chi connectivity index (χ3n) is 6.41. The molecule has 0 bridgehead atoms. The average Bonchev–Trinajstić information content (AvgIpc) is 3.31. The zero-order chi connectivity index (χ0) is 22.2. The molecule has 1 atom stereocenters. The molecule has 0 aliphatic carbocycles. The largest absolute Gasteiger partial charge is 0.388 e. The van der Waals surface area contributed by atoms with Gasteiger partial charge in [-0.05, 0) is 73.8 Å². The maximum atomic E-state index is 14.8. The highest BCUT2D eigenvalue weighted by Crippen LogP contribution is 2.37. The number of aryl methyl sites for hydroxylation is 1. The summed E-state index contributed by atoms with van der Waals surface area (Å²) < 4.78 is 30.4. The summed E-state index contributed by atoms with van der Waals surface area (Å²) in [5, 5.41) is 11.2. The van der Waals surface area contributed by atoms with E-state index in [2.05, 4.69) is 4.90 Å². The van der Waals surface area contributed by atoms with Crippen LogP contribution in [-0.4, -0.2) is 21.1 Å². The second kappa shape index (κ2) is 8.49. The number of aromatic nitrogens is 1. The molecule has 2 heterocycles. The summed E-state index contributed by atoms with van der Waals surface area (Å²) in [4.78, 5) is 2.29. The molecule has 4 aromatic rings. The smallest absolute Gasteiger partial charge is 0.132 e. The molecule has 1 aliphatic rings. The Hall–Kier alpha value is -3.02. The molecule has 0 spiro atoms. The van der Waals surface area contributed by atoms with Crippen LogP contribution in [0.1, 0.15) is 41.3 Å². The van der Waals surface area contributed by atoms with Gasteiger partial charge < -0.3 is 9.67 Å². The fraction of sp³-hybridized carbons (Fsp3) is 0.259. The van der Waals surface area contributed by atoms with Crippen molar-refractivity contribution in [3.8, 4) is 5.69 Å². The van der Waals surface area contributed by atoms with Crippen LogP contribution in [0.15, 0.2) is 66.7 Å². The molecular formula is C27H26F2N2O. The number of halogens is 2. The summed E-state index contributed by atoms with van der Waals surface area (Å²) in [7, 11) is 0. The van der Waals surface area contributed by atoms with Gasteiger partial charge in [-0.1, -0.05) is 35.9 Å². The quantitative estimate of drug-likeness (QED) is 0.402. The van der Waals surface area contributed by atoms with Gasteiger partial charge in [-0.2, -0.15) is 0 Å². The summed E-state index contributed by atoms with van der Waals surface area (Å²) >= 11 is 0. The SMILES string of the molecule is Cc1ccc(C(O)CCCN2Cc3c(n(-c4ccc(F)cc4)c4cccc(F)c34)C2)cc1. The molecular weight excluding hydrogens is 406 g/mol. The number of fused-ring (bicyclic) bond motifs is 3. The molecule has 3 aromatic carbocycles. The minimum absolute atomic E-state index is 0.226. The van der Waals surface area contributed by atoms with E-state index in [9.17, 15) is 13.9 Å². The Morgan fingerprint density at radius 1 is 0.938 bits per heavy atom. The highest BCUT2D eigenvalue weighted by atomic mass is 19.1. The third kappa shape index (κ3) is 3.83. The van der Waals surface area contributed by atoms with Crippen LogP contribution >= 0.6 is 0 Å². The molecule has 5 heteroatoms. The van der Waals surface area contributed by atoms with Crippen molar-refractivity contribution in [1.29, 1.82) is 0 Å². The van der Waals surface area contributed by atoms with E-state index >= 15 is 0 Å². The van der Waals surface area contributed by atoms with Crippen LogP contribution in [0.3, 0.4) is 0 Å². The predicted octanol–water partition coefficient (Wildman–Crippen LogP) is 6.05. The molecule has 32 heavy (non-hydrogen) atoms. The number of aliphatic hydroxyl groups excluding tert-OH is 1. The van der Waals surface area contributed by atoms with Crippen molar-refractivity contribution in [2.75, 3.05) is 6.54 Å². The minimum atomic E-state index is -0.480. The fourth-order valence-electron chi connectivity index (χ4n) is 4.76. The lowest BCUT2D eigenvalue weighted by molar-refractivity contribution is 0.155. The number of rotatable bonds is 6. The highest BCUT2D eigenvalue weighted by molar-refractivity contribution is 5.88. The zero-order valence-corrected chi connectivity index (χ0v) is 18.1. The molecule has 0 saturated heterocycles. The lowest BCUT2D eigenvalue weighted by atomic mass is 10.0. The van der Waals surface area contributed by atoms with Gasteiger partial charge in [0.2, 0.25) is 0 Å². The zero-order valence-electron chi connectivity index (χ0n) is 18.1. The fourth-order valence-corrected chi connectivity index (χ4v) is 4.76. The lowest BCUT2D eigenvalue weighted by Gasteiger charge is -2.18. The van der Waals surface area contributed by atoms with Gasteiger partial charge in [0, 0.05) is 29.9 Å². The van der Waals surface area contributed by atoms with Gasteiger partial charge in [-0.15, -0.1) is 0 Å². The van der Waals surface area contributed by atoms with Crippen LogP contribution in [0.4, 0.5) is 8.78 Å². The topological polar surface area (TPSA) is 28.4 Å². The third-order valence-corrected chi connectivity index (χ3v) is 6.41. The first-order valence-electron chi connectivity index (χ1n) is 11.0. The molecule has 1 unspecified atom stereocenters. The van der Waals surface area contributed by atoms with Gasteiger partial charge in [0.25, 0.3) is 0 Å². The molecule has 0 fully saturated rings. The first-order chi connectivity index (χ1) is 15.5. The average molecular weight is 433 g/mol. The van der Waals surface area contributed by atoms with Crippen molar-refractivity contribution in [2.24, 2.45) is 0 Å². The van der Waals surface area contributed by atoms with E-state index in [1.54, 1.807) is 18.2 Å². The summed E-state index contributed by atoms with van der Waals surface area (Å²) in [6.45, 7) is 4.21. The molecule has 0 amide bonds. The summed E-state index contributed by atoms with van der Waals surface area (Å²) in [5.74, 6) is -0.516. The van der Waals surface area contributed by atoms with E-state index in [-0.39, 0.29) is 11.6 Å². The molecule has 3 nitrogen and oxygen atoms in total. The Morgan fingerprint density at radius 2 is 1.69 bits per heavy atom. The maximum absolute atomic E-state index is 14.8. The number of benzene rings is 3. The van der Waals surface area contributed by atoms with Crippen molar-refractivity contribution in [3.05, 3.63) is 101 Å². The molecule has 164 valence electrons. The predicted molar refractivity (Wildman–Crippen MR) is 123 cm³/mol. The Balaban J connectivity index is 1.35. The molecule has 1 aliphatic heterocycles. The van der Waals surface area contributed by atoms with Crippen LogP contribution in [0.5, 0.6) is 0 Å². The van der Waals surface area contributed by atoms with Gasteiger partial charge in [0.15, 0.2) is 0 Å². The maximum Gasteiger partial charge on any atom is 0.132 e. The monoisotopic (exact) mass is 432 g/mol.